The van der Waals surface area contributed by atoms with Crippen LogP contribution in [0.4, 0.5) is 0 Å². The van der Waals surface area contributed by atoms with Gasteiger partial charge < -0.3 is 60.3 Å². The quantitative estimate of drug-likeness (QED) is 0.0222. The van der Waals surface area contributed by atoms with Crippen LogP contribution in [0.15, 0.2) is 20.8 Å². The van der Waals surface area contributed by atoms with Gasteiger partial charge in [-0.15, -0.1) is 0 Å². The molecule has 0 saturated heterocycles. The Kier molecular flexibility index (Phi) is 25.4. The second kappa shape index (κ2) is 28.9. The number of alkyl halides is 1. The van der Waals surface area contributed by atoms with Gasteiger partial charge in [0, 0.05) is 63.4 Å². The van der Waals surface area contributed by atoms with E-state index in [0.29, 0.717) is 0 Å². The van der Waals surface area contributed by atoms with E-state index in [4.69, 9.17) is 28.4 Å². The fourth-order valence-corrected chi connectivity index (χ4v) is 11.5. The monoisotopic (exact) mass is 1430 g/mol. The molecule has 0 saturated carbocycles. The number of carbonyl (C=O) groups is 12. The Morgan fingerprint density at radius 3 is 1.27 bits per heavy atom. The van der Waals surface area contributed by atoms with Crippen LogP contribution in [0.3, 0.4) is 0 Å². The molecule has 0 spiro atoms. The average Bonchev–Trinajstić information content (AvgIpc) is 3.24. The van der Waals surface area contributed by atoms with E-state index in [9.17, 15) is 52.7 Å². The summed E-state index contributed by atoms with van der Waals surface area (Å²) in [5, 5.41) is 15.7. The summed E-state index contributed by atoms with van der Waals surface area (Å²) in [4.78, 5) is 158. The van der Waals surface area contributed by atoms with Crippen molar-refractivity contribution in [1.82, 2.24) is 31.9 Å². The maximum Gasteiger partial charge on any atom is 0.303 e. The zero-order chi connectivity index (χ0) is 53.2. The normalized spacial score (nSPS) is 16.0. The maximum atomic E-state index is 15.0. The minimum atomic E-state index is -2.65. The van der Waals surface area contributed by atoms with E-state index in [1.165, 1.54) is 26.8 Å². The van der Waals surface area contributed by atoms with Crippen molar-refractivity contribution in [3.05, 3.63) is 44.6 Å². The number of rotatable bonds is 23. The van der Waals surface area contributed by atoms with E-state index in [0.717, 1.165) is 34.6 Å². The minimum Gasteiger partial charge on any atom is -0.464 e. The van der Waals surface area contributed by atoms with Crippen LogP contribution in [0.2, 0.25) is 0 Å². The lowest BCUT2D eigenvalue weighted by molar-refractivity contribution is -0.155. The third-order valence-electron chi connectivity index (χ3n) is 8.98. The molecule has 70 heavy (non-hydrogen) atoms. The number of ether oxygens (including phenoxy) is 6. The molecular formula is C42H50I4N6O18. The predicted molar refractivity (Wildman–Crippen MR) is 276 cm³/mol. The summed E-state index contributed by atoms with van der Waals surface area (Å²) in [5.41, 5.74) is -4.65. The first-order valence-electron chi connectivity index (χ1n) is 20.6. The van der Waals surface area contributed by atoms with Crippen LogP contribution in [0.1, 0.15) is 81.7 Å². The molecule has 0 heterocycles. The van der Waals surface area contributed by atoms with Crippen LogP contribution in [0.5, 0.6) is 0 Å². The number of nitrogens with one attached hydrogen (secondary N) is 6. The van der Waals surface area contributed by atoms with E-state index in [2.05, 4.69) is 31.9 Å². The molecule has 28 heteroatoms. The van der Waals surface area contributed by atoms with E-state index in [1.807, 2.05) is 0 Å². The van der Waals surface area contributed by atoms with Crippen LogP contribution >= 0.6 is 90.4 Å². The first-order valence-corrected chi connectivity index (χ1v) is 25.1. The van der Waals surface area contributed by atoms with E-state index >= 15 is 4.79 Å². The van der Waals surface area contributed by atoms with Crippen molar-refractivity contribution in [1.29, 1.82) is 0 Å². The van der Waals surface area contributed by atoms with Gasteiger partial charge in [-0.05, 0) is 93.2 Å². The molecule has 2 rings (SSSR count). The van der Waals surface area contributed by atoms with Crippen LogP contribution < -0.4 is 31.9 Å². The highest BCUT2D eigenvalue weighted by molar-refractivity contribution is 14.1. The van der Waals surface area contributed by atoms with Gasteiger partial charge in [-0.2, -0.15) is 0 Å². The Bertz CT molecular complexity index is 2320. The topological polar surface area (TPSA) is 332 Å². The zero-order valence-electron chi connectivity index (χ0n) is 38.8. The summed E-state index contributed by atoms with van der Waals surface area (Å²) in [6.07, 6.45) is -3.31. The summed E-state index contributed by atoms with van der Waals surface area (Å²) in [5.74, 6) is -10.5. The first kappa shape index (κ1) is 61.4. The van der Waals surface area contributed by atoms with Crippen molar-refractivity contribution in [3.63, 3.8) is 0 Å². The lowest BCUT2D eigenvalue weighted by Crippen LogP contribution is -2.70. The fraction of sp³-hybridized carbons (Fsp3) is 0.476. The number of esters is 6. The van der Waals surface area contributed by atoms with E-state index in [-0.39, 0.29) is 85.6 Å². The molecule has 1 aliphatic carbocycles. The molecule has 6 N–H and O–H groups in total. The smallest absolute Gasteiger partial charge is 0.303 e. The largest absolute Gasteiger partial charge is 0.464 e. The van der Waals surface area contributed by atoms with Gasteiger partial charge in [-0.3, -0.25) is 57.5 Å². The average molecular weight is 1430 g/mol. The molecule has 6 amide bonds. The molecule has 0 aromatic heterocycles. The Balaban J connectivity index is 3.47. The second-order valence-electron chi connectivity index (χ2n) is 14.5. The number of halogens is 4. The fourth-order valence-electron chi connectivity index (χ4n) is 6.20. The summed E-state index contributed by atoms with van der Waals surface area (Å²) in [7, 11) is 0. The van der Waals surface area contributed by atoms with Crippen molar-refractivity contribution in [3.8, 4) is 0 Å². The number of benzene rings is 1. The van der Waals surface area contributed by atoms with Gasteiger partial charge in [0.05, 0.1) is 46.8 Å². The standard InChI is InChI=1S/C42H50I4N6O18/c1-18(69-24(7)57)36(59)51-42(52-37(60)19(2)70-25(8)58)32(30(40(63)49-11-15-67-22(5)55)34(45)31(35(42)46)41(64)50-12-16-68-23(6)56)26-17-27(43)29(39(62)48-10-14-66-21(4)54)33(44)28(26)38(61)47-9-13-65-20(3)53/h17-19,35H,9-16H2,1-8H3,(H,47,61)(H,48,62)(H,49,63)(H,50,64)(H,51,59)(H,52,60). The van der Waals surface area contributed by atoms with E-state index in [1.54, 1.807) is 90.4 Å². The van der Waals surface area contributed by atoms with Gasteiger partial charge in [-0.25, -0.2) is 0 Å². The van der Waals surface area contributed by atoms with Gasteiger partial charge in [0.25, 0.3) is 29.5 Å². The highest BCUT2D eigenvalue weighted by Crippen LogP contribution is 2.49. The van der Waals surface area contributed by atoms with Gasteiger partial charge in [-0.1, -0.05) is 22.6 Å². The Hall–Kier alpha value is -4.74. The van der Waals surface area contributed by atoms with Crippen LogP contribution in [-0.4, -0.2) is 146 Å². The highest BCUT2D eigenvalue weighted by Gasteiger charge is 2.55. The third kappa shape index (κ3) is 17.8. The number of hydrogen-bond acceptors (Lipinski definition) is 18. The molecule has 384 valence electrons. The summed E-state index contributed by atoms with van der Waals surface area (Å²) >= 11 is 6.87. The van der Waals surface area contributed by atoms with Crippen molar-refractivity contribution in [2.45, 2.75) is 77.2 Å². The van der Waals surface area contributed by atoms with E-state index < -0.39 is 104 Å². The number of carbonyl (C=O) groups excluding carboxylic acids is 12. The Morgan fingerprint density at radius 2 is 0.900 bits per heavy atom. The second-order valence-corrected chi connectivity index (χ2v) is 19.0. The van der Waals surface area contributed by atoms with Gasteiger partial charge >= 0.3 is 35.8 Å². The molecule has 24 nitrogen and oxygen atoms in total. The number of amides is 6. The summed E-state index contributed by atoms with van der Waals surface area (Å²) < 4.78 is 28.6. The van der Waals surface area contributed by atoms with Crippen LogP contribution in [-0.2, 0) is 76.4 Å². The predicted octanol–water partition coefficient (Wildman–Crippen LogP) is 0.932. The Labute approximate surface area is 455 Å². The van der Waals surface area contributed by atoms with Gasteiger partial charge in [0.2, 0.25) is 5.91 Å². The zero-order valence-corrected chi connectivity index (χ0v) is 47.5. The van der Waals surface area contributed by atoms with Crippen molar-refractivity contribution < 1.29 is 86.0 Å². The van der Waals surface area contributed by atoms with Gasteiger partial charge in [0.1, 0.15) is 26.4 Å². The van der Waals surface area contributed by atoms with Crippen molar-refractivity contribution in [2.75, 3.05) is 52.6 Å². The molecule has 0 aliphatic heterocycles. The molecule has 1 aromatic rings. The lowest BCUT2D eigenvalue weighted by atomic mass is 9.76. The first-order chi connectivity index (χ1) is 32.7. The highest BCUT2D eigenvalue weighted by atomic mass is 127. The molecule has 0 fully saturated rings. The van der Waals surface area contributed by atoms with Crippen molar-refractivity contribution >= 4 is 167 Å². The van der Waals surface area contributed by atoms with Crippen LogP contribution in [0.25, 0.3) is 5.57 Å². The molecular weight excluding hydrogens is 1380 g/mol. The van der Waals surface area contributed by atoms with Crippen LogP contribution in [0, 0.1) is 7.14 Å². The number of hydrogen-bond donors (Lipinski definition) is 6. The molecule has 0 bridgehead atoms. The molecule has 1 aromatic carbocycles. The molecule has 1 aliphatic rings. The minimum absolute atomic E-state index is 0.0895. The lowest BCUT2D eigenvalue weighted by Gasteiger charge is -2.47. The SMILES string of the molecule is CC(=O)OCCNC(=O)C1=C(c2cc(I)c(C(=O)NCCOC(C)=O)c(I)c2C(=O)NCCOC(C)=O)C(NC(=O)C(C)OC(C)=O)(NC(=O)C(C)OC(C)=O)C(I)C(C(=O)NCCOC(C)=O)=C1I. The van der Waals surface area contributed by atoms with Gasteiger partial charge in [0.15, 0.2) is 17.9 Å². The third-order valence-corrected chi connectivity index (χ3v) is 13.6. The summed E-state index contributed by atoms with van der Waals surface area (Å²) in [6.45, 7) is 6.60. The maximum absolute atomic E-state index is 15.0. The molecule has 0 radical (unpaired) electrons. The Morgan fingerprint density at radius 1 is 0.543 bits per heavy atom. The summed E-state index contributed by atoms with van der Waals surface area (Å²) in [6, 6.07) is 1.28. The van der Waals surface area contributed by atoms with Crippen molar-refractivity contribution in [2.24, 2.45) is 0 Å². The molecule has 3 atom stereocenters. The molecule has 3 unspecified atom stereocenters.